The van der Waals surface area contributed by atoms with Crippen molar-refractivity contribution in [3.05, 3.63) is 71.8 Å². The second-order valence-corrected chi connectivity index (χ2v) is 34.1. The van der Waals surface area contributed by atoms with E-state index in [4.69, 9.17) is 29.9 Å². The number of nitrogens with one attached hydrogen (secondary N) is 12. The zero-order valence-electron chi connectivity index (χ0n) is 71.4. The number of aliphatic hydroxyl groups excluding tert-OH is 4. The molecule has 12 amide bonds. The van der Waals surface area contributed by atoms with Crippen molar-refractivity contribution in [1.82, 2.24) is 63.8 Å². The summed E-state index contributed by atoms with van der Waals surface area (Å²) < 4.78 is 10.1. The van der Waals surface area contributed by atoms with Crippen LogP contribution in [0, 0.1) is 0 Å². The molecule has 0 radical (unpaired) electrons. The van der Waals surface area contributed by atoms with Crippen LogP contribution in [-0.2, 0) is 115 Å². The number of esters is 2. The molecule has 0 aliphatic heterocycles. The molecule has 0 bridgehead atoms. The van der Waals surface area contributed by atoms with E-state index >= 15 is 0 Å². The molecule has 0 saturated heterocycles. The quantitative estimate of drug-likeness (QED) is 0.0305. The number of benzene rings is 2. The molecule has 700 valence electrons. The number of rotatable bonds is 42. The van der Waals surface area contributed by atoms with Crippen molar-refractivity contribution in [2.75, 3.05) is 100 Å². The molecule has 0 fully saturated rings. The number of thioether (sulfide) groups is 6. The summed E-state index contributed by atoms with van der Waals surface area (Å²) in [5, 5.41) is 61.8. The first-order valence-electron chi connectivity index (χ1n) is 36.8. The number of hydrogen-bond donors (Lipinski definition) is 16. The molecule has 42 nitrogen and oxygen atoms in total. The van der Waals surface area contributed by atoms with Gasteiger partial charge in [0.2, 0.25) is 59.1 Å². The molecular formula is C77H116N12O30S6. The fraction of sp³-hybridized carbons (Fsp3) is 0.532. The zero-order valence-corrected chi connectivity index (χ0v) is 76.3. The lowest BCUT2D eigenvalue weighted by Crippen LogP contribution is -2.49. The van der Waals surface area contributed by atoms with Crippen LogP contribution in [0.3, 0.4) is 0 Å². The van der Waals surface area contributed by atoms with Crippen LogP contribution in [0.4, 0.5) is 0 Å². The van der Waals surface area contributed by atoms with E-state index in [-0.39, 0.29) is 112 Å². The number of carbonyl (C=O) groups excluding carboxylic acids is 24. The highest BCUT2D eigenvalue weighted by Gasteiger charge is 2.29. The standard InChI is InChI=1S/2C15H18N2O5S.2C13H22N2O5S.2C10H16N2O5S.CH4/c2*1-10(19)23-9-13(15(22)16-7-12(20)8-18)17-14(21)11-5-3-2-4-6-11;2*1-8(16)15-10(7-21-9(2)17)12(19)14-6-11(18)20-13(3,4)5;2*1-6(14)12-9(5-18-7(2)15)10(17)11-3-8(16)4-13;/h2*2-6,13,18H,7-9H2,1H3,(H,16,22)(H,17,21);2*10H,6-7H2,1-5H3,(H,14,19)(H,15,16);2*9,13H,3-5H2,1-2H3,(H,11,17)(H,12,14);1H4/t2*13-;2*10-;2*9-;/m000000./s1. The summed E-state index contributed by atoms with van der Waals surface area (Å²) in [5.74, 6) is -8.74. The maximum absolute atomic E-state index is 12.1. The van der Waals surface area contributed by atoms with E-state index in [1.54, 1.807) is 102 Å². The van der Waals surface area contributed by atoms with Crippen molar-refractivity contribution in [2.45, 2.75) is 166 Å². The molecule has 0 aliphatic rings. The fourth-order valence-electron chi connectivity index (χ4n) is 7.72. The lowest BCUT2D eigenvalue weighted by molar-refractivity contribution is -0.155. The van der Waals surface area contributed by atoms with Crippen molar-refractivity contribution in [3.63, 3.8) is 0 Å². The van der Waals surface area contributed by atoms with Crippen LogP contribution in [0.5, 0.6) is 0 Å². The SMILES string of the molecule is C.CC(=O)N[C@@H](CSC(C)=O)C(=O)NCC(=O)CO.CC(=O)N[C@@H](CSC(C)=O)C(=O)NCC(=O)CO.CC(=O)N[C@@H](CSC(C)=O)C(=O)NCC(=O)OC(C)(C)C.CC(=O)N[C@@H](CSC(C)=O)C(=O)NCC(=O)OC(C)(C)C.CC(=O)SC[C@H](NC(=O)c1ccccc1)C(=O)NCC(=O)CO.CC(=O)SC[C@H](NC(=O)c1ccccc1)C(=O)NCC(=O)CO. The summed E-state index contributed by atoms with van der Waals surface area (Å²) in [6.45, 7) is 18.9. The van der Waals surface area contributed by atoms with Gasteiger partial charge in [0.15, 0.2) is 53.8 Å². The molecule has 0 aromatic heterocycles. The van der Waals surface area contributed by atoms with Crippen molar-refractivity contribution >= 4 is 207 Å². The maximum atomic E-state index is 12.1. The molecule has 2 aromatic rings. The fourth-order valence-corrected chi connectivity index (χ4v) is 11.5. The highest BCUT2D eigenvalue weighted by Crippen LogP contribution is 2.13. The molecule has 2 rings (SSSR count). The number of aliphatic hydroxyl groups is 4. The first-order valence-corrected chi connectivity index (χ1v) is 42.7. The number of amides is 12. The average Bonchev–Trinajstić information content (AvgIpc) is 0.881. The highest BCUT2D eigenvalue weighted by molar-refractivity contribution is 8.14. The number of carbonyl (C=O) groups is 24. The normalized spacial score (nSPS) is 11.6. The topological polar surface area (TPSA) is 653 Å². The minimum Gasteiger partial charge on any atom is -0.459 e. The van der Waals surface area contributed by atoms with Crippen LogP contribution in [0.25, 0.3) is 0 Å². The third-order valence-corrected chi connectivity index (χ3v) is 18.4. The molecule has 0 spiro atoms. The third kappa shape index (κ3) is 72.7. The van der Waals surface area contributed by atoms with E-state index in [1.165, 1.54) is 69.2 Å². The van der Waals surface area contributed by atoms with Gasteiger partial charge in [-0.05, 0) is 65.8 Å². The maximum Gasteiger partial charge on any atom is 0.325 e. The van der Waals surface area contributed by atoms with Gasteiger partial charge in [0.25, 0.3) is 11.8 Å². The van der Waals surface area contributed by atoms with Gasteiger partial charge in [-0.15, -0.1) is 0 Å². The molecule has 0 heterocycles. The van der Waals surface area contributed by atoms with Gasteiger partial charge < -0.3 is 93.7 Å². The summed E-state index contributed by atoms with van der Waals surface area (Å²) in [7, 11) is 0. The van der Waals surface area contributed by atoms with Crippen molar-refractivity contribution in [2.24, 2.45) is 0 Å². The molecule has 0 saturated carbocycles. The Hall–Kier alpha value is -10.3. The minimum atomic E-state index is -0.969. The molecule has 16 N–H and O–H groups in total. The Morgan fingerprint density at radius 2 is 0.448 bits per heavy atom. The van der Waals surface area contributed by atoms with Crippen LogP contribution in [0.15, 0.2) is 60.7 Å². The van der Waals surface area contributed by atoms with Crippen LogP contribution in [-0.4, -0.2) is 305 Å². The summed E-state index contributed by atoms with van der Waals surface area (Å²) >= 11 is 5.44. The van der Waals surface area contributed by atoms with Crippen LogP contribution < -0.4 is 63.8 Å². The van der Waals surface area contributed by atoms with Crippen molar-refractivity contribution in [3.8, 4) is 0 Å². The molecule has 6 atom stereocenters. The van der Waals surface area contributed by atoms with E-state index in [2.05, 4.69) is 63.8 Å². The number of hydrogen-bond acceptors (Lipinski definition) is 36. The Balaban J connectivity index is -0.000000461. The van der Waals surface area contributed by atoms with Gasteiger partial charge in [-0.25, -0.2) is 0 Å². The van der Waals surface area contributed by atoms with E-state index in [9.17, 15) is 115 Å². The van der Waals surface area contributed by atoms with Gasteiger partial charge in [0.1, 0.15) is 87.0 Å². The van der Waals surface area contributed by atoms with E-state index in [1.807, 2.05) is 0 Å². The Morgan fingerprint density at radius 3 is 0.600 bits per heavy atom. The zero-order chi connectivity index (χ0) is 96.0. The Kier molecular flexibility index (Phi) is 68.9. The minimum absolute atomic E-state index is 0. The molecule has 0 aliphatic carbocycles. The predicted octanol–water partition coefficient (Wildman–Crippen LogP) is -2.53. The van der Waals surface area contributed by atoms with Gasteiger partial charge in [-0.3, -0.25) is 115 Å². The largest absolute Gasteiger partial charge is 0.459 e. The second-order valence-electron chi connectivity index (χ2n) is 26.9. The van der Waals surface area contributed by atoms with Gasteiger partial charge >= 0.3 is 11.9 Å². The Morgan fingerprint density at radius 1 is 0.280 bits per heavy atom. The van der Waals surface area contributed by atoms with E-state index in [0.717, 1.165) is 70.6 Å². The first-order chi connectivity index (χ1) is 57.6. The highest BCUT2D eigenvalue weighted by atomic mass is 32.2. The molecule has 48 heteroatoms. The average molecular weight is 1880 g/mol. The van der Waals surface area contributed by atoms with Crippen LogP contribution >= 0.6 is 70.6 Å². The Labute approximate surface area is 749 Å². The van der Waals surface area contributed by atoms with Crippen LogP contribution in [0.1, 0.15) is 139 Å². The molecule has 125 heavy (non-hydrogen) atoms. The monoisotopic (exact) mass is 1880 g/mol. The van der Waals surface area contributed by atoms with Gasteiger partial charge in [-0.1, -0.05) is 114 Å². The summed E-state index contributed by atoms with van der Waals surface area (Å²) in [5.41, 5.74) is -0.513. The number of Topliss-reactive ketones (excluding diaryl/α,β-unsaturated/α-hetero) is 4. The van der Waals surface area contributed by atoms with Gasteiger partial charge in [0.05, 0.1) is 26.2 Å². The second kappa shape index (κ2) is 69.9. The van der Waals surface area contributed by atoms with E-state index in [0.29, 0.717) is 11.1 Å². The summed E-state index contributed by atoms with van der Waals surface area (Å²) in [6, 6.07) is 11.2. The molecular weight excluding hydrogens is 1770 g/mol. The van der Waals surface area contributed by atoms with Gasteiger partial charge in [0, 0.05) is 115 Å². The van der Waals surface area contributed by atoms with Crippen molar-refractivity contribution < 1.29 is 145 Å². The first kappa shape index (κ1) is 123. The summed E-state index contributed by atoms with van der Waals surface area (Å²) in [4.78, 5) is 272. The number of ketones is 4. The smallest absolute Gasteiger partial charge is 0.325 e. The van der Waals surface area contributed by atoms with E-state index < -0.39 is 180 Å². The van der Waals surface area contributed by atoms with Crippen LogP contribution in [0.2, 0.25) is 0 Å². The van der Waals surface area contributed by atoms with Gasteiger partial charge in [-0.2, -0.15) is 0 Å². The number of ether oxygens (including phenoxy) is 2. The van der Waals surface area contributed by atoms with Crippen molar-refractivity contribution in [1.29, 1.82) is 0 Å². The summed E-state index contributed by atoms with van der Waals surface area (Å²) in [6.07, 6.45) is 0. The lowest BCUT2D eigenvalue weighted by Gasteiger charge is -2.20. The third-order valence-electron chi connectivity index (χ3n) is 13.0. The predicted molar refractivity (Wildman–Crippen MR) is 469 cm³/mol. The lowest BCUT2D eigenvalue weighted by atomic mass is 10.2. The molecule has 0 unspecified atom stereocenters. The Bertz CT molecular complexity index is 3700. The molecule has 2 aromatic carbocycles.